The molecule has 0 radical (unpaired) electrons. The molecule has 0 aromatic heterocycles. The van der Waals surface area contributed by atoms with Crippen molar-refractivity contribution in [2.24, 2.45) is 21.7 Å². The number of hydrogen-bond acceptors (Lipinski definition) is 34. The van der Waals surface area contributed by atoms with Crippen LogP contribution in [0, 0.1) is 21.7 Å². The van der Waals surface area contributed by atoms with Crippen LogP contribution in [0.3, 0.4) is 0 Å². The number of ketones is 4. The number of rotatable bonds is 40. The normalized spacial score (nSPS) is 18.9. The second-order valence-electron chi connectivity index (χ2n) is 33.7. The molecule has 0 spiro atoms. The van der Waals surface area contributed by atoms with E-state index < -0.39 is 64.3 Å². The van der Waals surface area contributed by atoms with Crippen molar-refractivity contribution in [1.82, 2.24) is 68.6 Å². The van der Waals surface area contributed by atoms with Gasteiger partial charge in [-0.15, -0.1) is 0 Å². The number of hydrogen-bond donors (Lipinski definition) is 6. The summed E-state index contributed by atoms with van der Waals surface area (Å²) in [5.74, 6) is -5.38. The van der Waals surface area contributed by atoms with E-state index in [4.69, 9.17) is 33.9 Å². The largest absolute Gasteiger partial charge is 0.480 e. The van der Waals surface area contributed by atoms with E-state index in [1.54, 1.807) is 45.3 Å². The lowest BCUT2D eigenvalue weighted by Gasteiger charge is -2.35. The molecule has 4 heterocycles. The summed E-state index contributed by atoms with van der Waals surface area (Å²) < 4.78 is 24.8. The minimum absolute atomic E-state index is 0. The van der Waals surface area contributed by atoms with Gasteiger partial charge in [0.1, 0.15) is 44.5 Å². The Morgan fingerprint density at radius 2 is 0.533 bits per heavy atom. The van der Waals surface area contributed by atoms with Crippen LogP contribution in [0.2, 0.25) is 0 Å². The third-order valence-corrected chi connectivity index (χ3v) is 21.2. The van der Waals surface area contributed by atoms with Crippen molar-refractivity contribution < 1.29 is 126 Å². The standard InChI is InChI=1S/C23H40N4O9.C20H38N4O5.C19H33N3O7.C17H31N3O5.CH4/c1-23(2,3)19(29)5-4-18(22(34)35)27-12-10-25(15-21(32)33)7-6-24(14-20(30)31)8-9-26(11-13-27)16-36-17-28;1-5-21-6-8-23(15-19(27)28)10-9-22(14-18(26)20(2,3)4)11-13-24(12-7-21)16-29-17-25;1-19(2,3)16(25)4-5-17(29-15-24)22-10-8-20(12-18(26)27)6-7-21(9-11-22)13-28-14-23;1-4-17(2,3)15(22)11-18-5-6-19(12-16(23)24)8-10-20(9-7-18)13-25-14-21;/h17-18H,4-16H2,1-3H3,(H,30,31)(H,32,33)(H,34,35);17H,5-16H2,1-4H3,(H,27,28);14-15,17H,4-13H2,1-3H3,(H,26,27);14H,4-13H2,1-3H3,(H,23,24);1H4. The number of Topliss-reactive ketones (excluding diaryl/α,β-unsaturated/α-hetero) is 4. The molecule has 2 atom stereocenters. The Kier molecular flexibility index (Phi) is 56.8. The number of aliphatic carboxylic acids is 6. The molecule has 0 aromatic rings. The van der Waals surface area contributed by atoms with Gasteiger partial charge in [-0.05, 0) is 19.4 Å². The molecular formula is C80H146N14O26. The Bertz CT molecular complexity index is 3070. The highest BCUT2D eigenvalue weighted by Gasteiger charge is 2.34. The first-order valence-electron chi connectivity index (χ1n) is 40.9. The summed E-state index contributed by atoms with van der Waals surface area (Å²) in [5, 5.41) is 56.0. The first-order valence-corrected chi connectivity index (χ1v) is 40.9. The Balaban J connectivity index is 0.00000158. The molecule has 4 aliphatic heterocycles. The van der Waals surface area contributed by atoms with Crippen molar-refractivity contribution in [2.75, 3.05) is 263 Å². The van der Waals surface area contributed by atoms with Crippen LogP contribution >= 0.6 is 0 Å². The highest BCUT2D eigenvalue weighted by Crippen LogP contribution is 2.24. The van der Waals surface area contributed by atoms with Gasteiger partial charge >= 0.3 is 35.8 Å². The molecule has 692 valence electrons. The van der Waals surface area contributed by atoms with Gasteiger partial charge < -0.3 is 59.2 Å². The monoisotopic (exact) mass is 1720 g/mol. The Morgan fingerprint density at radius 1 is 0.300 bits per heavy atom. The fourth-order valence-electron chi connectivity index (χ4n) is 12.7. The van der Waals surface area contributed by atoms with Crippen LogP contribution in [0.25, 0.3) is 0 Å². The molecular weight excluding hydrogens is 1570 g/mol. The van der Waals surface area contributed by atoms with E-state index in [0.29, 0.717) is 189 Å². The maximum absolute atomic E-state index is 12.6. The number of carbonyl (C=O) groups excluding carboxylic acids is 9. The van der Waals surface area contributed by atoms with E-state index in [2.05, 4.69) is 26.5 Å². The van der Waals surface area contributed by atoms with Crippen molar-refractivity contribution in [3.63, 3.8) is 0 Å². The molecule has 4 saturated heterocycles. The fraction of sp³-hybridized carbons (Fsp3) is 0.812. The van der Waals surface area contributed by atoms with Gasteiger partial charge in [0.2, 0.25) is 0 Å². The van der Waals surface area contributed by atoms with Gasteiger partial charge in [0.25, 0.3) is 32.4 Å². The topological polar surface area (TPSA) is 469 Å². The summed E-state index contributed by atoms with van der Waals surface area (Å²) in [6.07, 6.45) is 1.04. The van der Waals surface area contributed by atoms with Gasteiger partial charge in [-0.2, -0.15) is 0 Å². The van der Waals surface area contributed by atoms with Crippen molar-refractivity contribution in [1.29, 1.82) is 0 Å². The molecule has 0 aromatic carbocycles. The van der Waals surface area contributed by atoms with E-state index in [0.717, 1.165) is 32.6 Å². The average Bonchev–Trinajstić information content (AvgIpc) is 1.42. The van der Waals surface area contributed by atoms with Crippen molar-refractivity contribution in [2.45, 2.75) is 142 Å². The molecule has 0 amide bonds. The minimum Gasteiger partial charge on any atom is -0.480 e. The molecule has 0 aliphatic carbocycles. The fourth-order valence-corrected chi connectivity index (χ4v) is 12.7. The van der Waals surface area contributed by atoms with Gasteiger partial charge in [-0.3, -0.25) is 136 Å². The van der Waals surface area contributed by atoms with E-state index in [9.17, 15) is 92.3 Å². The van der Waals surface area contributed by atoms with Gasteiger partial charge in [-0.1, -0.05) is 97.4 Å². The highest BCUT2D eigenvalue weighted by molar-refractivity contribution is 5.87. The summed E-state index contributed by atoms with van der Waals surface area (Å²) >= 11 is 0. The second kappa shape index (κ2) is 60.7. The molecule has 0 saturated carbocycles. The smallest absolute Gasteiger partial charge is 0.320 e. The van der Waals surface area contributed by atoms with Gasteiger partial charge in [0.15, 0.2) is 17.8 Å². The first-order chi connectivity index (χ1) is 55.9. The third kappa shape index (κ3) is 51.3. The molecule has 4 aliphatic rings. The molecule has 4 rings (SSSR count). The summed E-state index contributed by atoms with van der Waals surface area (Å²) in [7, 11) is 0. The van der Waals surface area contributed by atoms with Crippen molar-refractivity contribution >= 4 is 91.3 Å². The molecule has 40 heteroatoms. The predicted molar refractivity (Wildman–Crippen MR) is 443 cm³/mol. The summed E-state index contributed by atoms with van der Waals surface area (Å²) in [5.41, 5.74) is -1.85. The lowest BCUT2D eigenvalue weighted by Crippen LogP contribution is -2.51. The van der Waals surface area contributed by atoms with Crippen LogP contribution in [0.1, 0.15) is 130 Å². The van der Waals surface area contributed by atoms with E-state index in [1.807, 2.05) is 86.8 Å². The Hall–Kier alpha value is -7.71. The quantitative estimate of drug-likeness (QED) is 0.0352. The van der Waals surface area contributed by atoms with Gasteiger partial charge in [0.05, 0.1) is 45.8 Å². The predicted octanol–water partition coefficient (Wildman–Crippen LogP) is 0.193. The van der Waals surface area contributed by atoms with Gasteiger partial charge in [-0.25, -0.2) is 0 Å². The third-order valence-electron chi connectivity index (χ3n) is 21.2. The molecule has 2 unspecified atom stereocenters. The molecule has 0 bridgehead atoms. The van der Waals surface area contributed by atoms with Crippen LogP contribution in [0.5, 0.6) is 0 Å². The maximum atomic E-state index is 12.6. The minimum atomic E-state index is -1.07. The van der Waals surface area contributed by atoms with Crippen LogP contribution in [0.4, 0.5) is 0 Å². The highest BCUT2D eigenvalue weighted by atomic mass is 16.6. The Morgan fingerprint density at radius 3 is 0.775 bits per heavy atom. The summed E-state index contributed by atoms with van der Waals surface area (Å²) in [4.78, 5) is 198. The first kappa shape index (κ1) is 112. The van der Waals surface area contributed by atoms with Gasteiger partial charge in [0, 0.05) is 224 Å². The second-order valence-corrected chi connectivity index (χ2v) is 33.7. The number of carboxylic acids is 6. The zero-order valence-corrected chi connectivity index (χ0v) is 73.0. The maximum Gasteiger partial charge on any atom is 0.320 e. The number of carbonyl (C=O) groups is 15. The molecule has 40 nitrogen and oxygen atoms in total. The van der Waals surface area contributed by atoms with Crippen LogP contribution < -0.4 is 0 Å². The lowest BCUT2D eigenvalue weighted by atomic mass is 9.85. The zero-order chi connectivity index (χ0) is 89.9. The van der Waals surface area contributed by atoms with E-state index in [-0.39, 0.29) is 141 Å². The van der Waals surface area contributed by atoms with Crippen molar-refractivity contribution in [3.8, 4) is 0 Å². The summed E-state index contributed by atoms with van der Waals surface area (Å²) in [6, 6.07) is -0.955. The lowest BCUT2D eigenvalue weighted by molar-refractivity contribution is -0.147. The van der Waals surface area contributed by atoms with Crippen LogP contribution in [-0.4, -0.2) is 465 Å². The number of ether oxygens (including phenoxy) is 5. The SMILES string of the molecule is C.CC(C)(C)C(=O)CCC(C(=O)O)N1CCN(COC=O)CCN(CC(=O)O)CCN(CC(=O)O)CC1.CC(C)(C)C(=O)CCC(OC=O)N1CCN(COC=O)CCN(CC(=O)O)CC1.CCC(C)(C)C(=O)CN1CCN(COC=O)CCN(CC(=O)O)CC1.CCN1CCN(COC=O)CCN(CC(=O)C(C)(C)C)CCN(CC(=O)O)CC1. The Labute approximate surface area is 709 Å². The van der Waals surface area contributed by atoms with E-state index in [1.165, 1.54) is 0 Å². The number of nitrogens with zero attached hydrogens (tertiary/aromatic N) is 14. The number of carboxylic acid groups (broad SMARTS) is 6. The summed E-state index contributed by atoms with van der Waals surface area (Å²) in [6.45, 7) is 42.5. The number of likely N-dealkylation sites (N-methyl/N-ethyl adjacent to an activating group) is 1. The zero-order valence-electron chi connectivity index (χ0n) is 73.0. The molecule has 4 fully saturated rings. The van der Waals surface area contributed by atoms with E-state index >= 15 is 0 Å². The molecule has 6 N–H and O–H groups in total. The average molecular weight is 1720 g/mol. The van der Waals surface area contributed by atoms with Crippen LogP contribution in [-0.2, 0) is 95.6 Å². The molecule has 120 heavy (non-hydrogen) atoms. The van der Waals surface area contributed by atoms with Crippen LogP contribution in [0.15, 0.2) is 0 Å². The van der Waals surface area contributed by atoms with Crippen molar-refractivity contribution in [3.05, 3.63) is 0 Å².